The van der Waals surface area contributed by atoms with Gasteiger partial charge in [-0.15, -0.1) is 10.2 Å². The highest BCUT2D eigenvalue weighted by Gasteiger charge is 2.18. The minimum Gasteiger partial charge on any atom is -0.454 e. The number of nitrogens with zero attached hydrogens (tertiary/aromatic N) is 3. The third-order valence-electron chi connectivity index (χ3n) is 4.26. The highest BCUT2D eigenvalue weighted by Crippen LogP contribution is 2.35. The van der Waals surface area contributed by atoms with E-state index in [-0.39, 0.29) is 18.5 Å². The van der Waals surface area contributed by atoms with Crippen molar-refractivity contribution in [1.82, 2.24) is 14.8 Å². The monoisotopic (exact) mass is 416 g/mol. The van der Waals surface area contributed by atoms with Crippen LogP contribution in [0.2, 0.25) is 5.02 Å². The van der Waals surface area contributed by atoms with Crippen molar-refractivity contribution in [3.05, 3.63) is 47.0 Å². The smallest absolute Gasteiger partial charge is 0.234 e. The maximum Gasteiger partial charge on any atom is 0.234 e. The van der Waals surface area contributed by atoms with Crippen LogP contribution in [0.4, 0.5) is 5.69 Å². The van der Waals surface area contributed by atoms with E-state index in [0.717, 1.165) is 22.6 Å². The molecule has 0 atom stereocenters. The lowest BCUT2D eigenvalue weighted by atomic mass is 10.2. The fourth-order valence-corrected chi connectivity index (χ4v) is 3.75. The van der Waals surface area contributed by atoms with Crippen LogP contribution in [-0.4, -0.2) is 33.2 Å². The van der Waals surface area contributed by atoms with Crippen molar-refractivity contribution in [2.24, 2.45) is 7.05 Å². The van der Waals surface area contributed by atoms with Crippen LogP contribution >= 0.6 is 23.4 Å². The van der Waals surface area contributed by atoms with Gasteiger partial charge >= 0.3 is 0 Å². The summed E-state index contributed by atoms with van der Waals surface area (Å²) in [7, 11) is 1.86. The lowest BCUT2D eigenvalue weighted by Gasteiger charge is -2.08. The van der Waals surface area contributed by atoms with Crippen molar-refractivity contribution in [3.8, 4) is 22.9 Å². The molecule has 9 heteroatoms. The minimum atomic E-state index is -0.122. The standard InChI is InChI=1S/C19H17ClN4O3S/c1-11-7-13(20)4-5-14(11)21-17(25)9-28-19-23-22-18(24(19)2)12-3-6-15-16(8-12)27-10-26-15/h3-8H,9-10H2,1-2H3,(H,21,25). The minimum absolute atomic E-state index is 0.122. The van der Waals surface area contributed by atoms with Crippen molar-refractivity contribution in [2.45, 2.75) is 12.1 Å². The molecule has 2 heterocycles. The second kappa shape index (κ2) is 7.73. The number of carbonyl (C=O) groups excluding carboxylic acids is 1. The average molecular weight is 417 g/mol. The molecular formula is C19H17ClN4O3S. The molecule has 1 aliphatic heterocycles. The number of benzene rings is 2. The van der Waals surface area contributed by atoms with Gasteiger partial charge in [-0.2, -0.15) is 0 Å². The Morgan fingerprint density at radius 1 is 1.21 bits per heavy atom. The Kier molecular flexibility index (Phi) is 5.15. The van der Waals surface area contributed by atoms with Gasteiger partial charge in [0.15, 0.2) is 22.5 Å². The number of aryl methyl sites for hydroxylation is 1. The number of ether oxygens (including phenoxy) is 2. The number of fused-ring (bicyclic) bond motifs is 1. The first kappa shape index (κ1) is 18.6. The average Bonchev–Trinajstić information content (AvgIpc) is 3.28. The van der Waals surface area contributed by atoms with Gasteiger partial charge in [-0.3, -0.25) is 4.79 Å². The van der Waals surface area contributed by atoms with Crippen LogP contribution < -0.4 is 14.8 Å². The van der Waals surface area contributed by atoms with Crippen molar-refractivity contribution < 1.29 is 14.3 Å². The fourth-order valence-electron chi connectivity index (χ4n) is 2.81. The Balaban J connectivity index is 1.42. The number of hydrogen-bond acceptors (Lipinski definition) is 6. The first-order valence-electron chi connectivity index (χ1n) is 8.49. The number of aromatic nitrogens is 3. The molecular weight excluding hydrogens is 400 g/mol. The van der Waals surface area contributed by atoms with Gasteiger partial charge in [-0.1, -0.05) is 23.4 Å². The van der Waals surface area contributed by atoms with Crippen molar-refractivity contribution in [2.75, 3.05) is 17.9 Å². The number of rotatable bonds is 5. The summed E-state index contributed by atoms with van der Waals surface area (Å²) in [6.07, 6.45) is 0. The van der Waals surface area contributed by atoms with E-state index in [4.69, 9.17) is 21.1 Å². The maximum atomic E-state index is 12.3. The molecule has 1 aromatic heterocycles. The van der Waals surface area contributed by atoms with E-state index in [9.17, 15) is 4.79 Å². The van der Waals surface area contributed by atoms with Crippen LogP contribution in [0.5, 0.6) is 11.5 Å². The number of hydrogen-bond donors (Lipinski definition) is 1. The number of carbonyl (C=O) groups is 1. The molecule has 28 heavy (non-hydrogen) atoms. The number of amides is 1. The van der Waals surface area contributed by atoms with Crippen LogP contribution in [0.1, 0.15) is 5.56 Å². The van der Waals surface area contributed by atoms with E-state index in [1.54, 1.807) is 12.1 Å². The maximum absolute atomic E-state index is 12.3. The van der Waals surface area contributed by atoms with Gasteiger partial charge in [0.25, 0.3) is 0 Å². The molecule has 3 aromatic rings. The van der Waals surface area contributed by atoms with Crippen molar-refractivity contribution in [3.63, 3.8) is 0 Å². The van der Waals surface area contributed by atoms with Gasteiger partial charge in [-0.25, -0.2) is 0 Å². The summed E-state index contributed by atoms with van der Waals surface area (Å²) >= 11 is 7.27. The predicted octanol–water partition coefficient (Wildman–Crippen LogP) is 3.90. The molecule has 0 radical (unpaired) electrons. The van der Waals surface area contributed by atoms with Gasteiger partial charge < -0.3 is 19.4 Å². The summed E-state index contributed by atoms with van der Waals surface area (Å²) < 4.78 is 12.6. The molecule has 1 aliphatic rings. The van der Waals surface area contributed by atoms with E-state index in [2.05, 4.69) is 15.5 Å². The zero-order valence-electron chi connectivity index (χ0n) is 15.2. The third kappa shape index (κ3) is 3.79. The SMILES string of the molecule is Cc1cc(Cl)ccc1NC(=O)CSc1nnc(-c2ccc3c(c2)OCO3)n1C. The van der Waals surface area contributed by atoms with Crippen LogP contribution in [0.25, 0.3) is 11.4 Å². The van der Waals surface area contributed by atoms with Gasteiger partial charge in [0.05, 0.1) is 5.75 Å². The molecule has 144 valence electrons. The second-order valence-electron chi connectivity index (χ2n) is 6.23. The quantitative estimate of drug-likeness (QED) is 0.635. The highest BCUT2D eigenvalue weighted by molar-refractivity contribution is 7.99. The molecule has 1 N–H and O–H groups in total. The zero-order chi connectivity index (χ0) is 19.7. The van der Waals surface area contributed by atoms with E-state index in [1.165, 1.54) is 11.8 Å². The molecule has 7 nitrogen and oxygen atoms in total. The number of nitrogens with one attached hydrogen (secondary N) is 1. The Labute approximate surface area is 171 Å². The largest absolute Gasteiger partial charge is 0.454 e. The van der Waals surface area contributed by atoms with Gasteiger partial charge in [0, 0.05) is 23.3 Å². The number of anilines is 1. The van der Waals surface area contributed by atoms with Gasteiger partial charge in [0.2, 0.25) is 12.7 Å². The molecule has 0 saturated carbocycles. The second-order valence-corrected chi connectivity index (χ2v) is 7.61. The van der Waals surface area contributed by atoms with Crippen LogP contribution in [0.3, 0.4) is 0 Å². The lowest BCUT2D eigenvalue weighted by molar-refractivity contribution is -0.113. The number of halogens is 1. The molecule has 0 unspecified atom stereocenters. The lowest BCUT2D eigenvalue weighted by Crippen LogP contribution is -2.15. The molecule has 0 aliphatic carbocycles. The topological polar surface area (TPSA) is 78.3 Å². The Hall–Kier alpha value is -2.71. The molecule has 0 fully saturated rings. The molecule has 4 rings (SSSR count). The summed E-state index contributed by atoms with van der Waals surface area (Å²) in [5.74, 6) is 2.19. The van der Waals surface area contributed by atoms with Crippen molar-refractivity contribution >= 4 is 35.0 Å². The Morgan fingerprint density at radius 3 is 2.86 bits per heavy atom. The fraction of sp³-hybridized carbons (Fsp3) is 0.211. The third-order valence-corrected chi connectivity index (χ3v) is 5.52. The molecule has 0 bridgehead atoms. The van der Waals surface area contributed by atoms with E-state index >= 15 is 0 Å². The molecule has 1 amide bonds. The van der Waals surface area contributed by atoms with Crippen molar-refractivity contribution in [1.29, 1.82) is 0 Å². The van der Waals surface area contributed by atoms with E-state index in [1.807, 2.05) is 42.8 Å². The van der Waals surface area contributed by atoms with E-state index < -0.39 is 0 Å². The zero-order valence-corrected chi connectivity index (χ0v) is 16.8. The highest BCUT2D eigenvalue weighted by atomic mass is 35.5. The molecule has 0 saturated heterocycles. The number of thioether (sulfide) groups is 1. The summed E-state index contributed by atoms with van der Waals surface area (Å²) in [6.45, 7) is 2.12. The molecule has 0 spiro atoms. The summed E-state index contributed by atoms with van der Waals surface area (Å²) in [6, 6.07) is 11.0. The first-order chi connectivity index (χ1) is 13.5. The summed E-state index contributed by atoms with van der Waals surface area (Å²) in [5, 5.41) is 12.6. The Bertz CT molecular complexity index is 1050. The normalized spacial score (nSPS) is 12.2. The Morgan fingerprint density at radius 2 is 2.04 bits per heavy atom. The van der Waals surface area contributed by atoms with Crippen LogP contribution in [0.15, 0.2) is 41.6 Å². The predicted molar refractivity (Wildman–Crippen MR) is 108 cm³/mol. The summed E-state index contributed by atoms with van der Waals surface area (Å²) in [4.78, 5) is 12.3. The first-order valence-corrected chi connectivity index (χ1v) is 9.86. The molecule has 2 aromatic carbocycles. The van der Waals surface area contributed by atoms with Gasteiger partial charge in [0.1, 0.15) is 0 Å². The van der Waals surface area contributed by atoms with Crippen LogP contribution in [-0.2, 0) is 11.8 Å². The van der Waals surface area contributed by atoms with Crippen LogP contribution in [0, 0.1) is 6.92 Å². The summed E-state index contributed by atoms with van der Waals surface area (Å²) in [5.41, 5.74) is 2.52. The van der Waals surface area contributed by atoms with Gasteiger partial charge in [-0.05, 0) is 48.9 Å². The van der Waals surface area contributed by atoms with E-state index in [0.29, 0.717) is 21.8 Å².